The Bertz CT molecular complexity index is 486. The van der Waals surface area contributed by atoms with Crippen LogP contribution in [0.4, 0.5) is 0 Å². The van der Waals surface area contributed by atoms with E-state index in [1.54, 1.807) is 23.1 Å². The second kappa shape index (κ2) is 5.73. The van der Waals surface area contributed by atoms with E-state index in [2.05, 4.69) is 0 Å². The minimum atomic E-state index is -0.837. The van der Waals surface area contributed by atoms with Crippen LogP contribution in [0.2, 0.25) is 0 Å². The van der Waals surface area contributed by atoms with Gasteiger partial charge in [0.1, 0.15) is 5.75 Å². The van der Waals surface area contributed by atoms with E-state index >= 15 is 0 Å². The number of nitrogens with zero attached hydrogens (tertiary/aromatic N) is 1. The first-order chi connectivity index (χ1) is 9.08. The van der Waals surface area contributed by atoms with Gasteiger partial charge in [-0.05, 0) is 24.5 Å². The van der Waals surface area contributed by atoms with Gasteiger partial charge in [0.05, 0.1) is 5.92 Å². The number of hydrogen-bond donors (Lipinski definition) is 2. The van der Waals surface area contributed by atoms with Crippen LogP contribution in [0.15, 0.2) is 24.3 Å². The van der Waals surface area contributed by atoms with Crippen LogP contribution in [0.5, 0.6) is 5.75 Å². The lowest BCUT2D eigenvalue weighted by Gasteiger charge is -2.15. The molecule has 5 nitrogen and oxygen atoms in total. The molecule has 1 unspecified atom stereocenters. The molecule has 2 N–H and O–H groups in total. The molecule has 1 heterocycles. The summed E-state index contributed by atoms with van der Waals surface area (Å²) < 4.78 is 0. The Morgan fingerprint density at radius 2 is 2.05 bits per heavy atom. The van der Waals surface area contributed by atoms with Gasteiger partial charge in [0.2, 0.25) is 5.91 Å². The Kier molecular flexibility index (Phi) is 4.04. The third-order valence-corrected chi connectivity index (χ3v) is 3.49. The fraction of sp³-hybridized carbons (Fsp3) is 0.429. The number of aliphatic carboxylic acids is 1. The van der Waals surface area contributed by atoms with Crippen LogP contribution in [-0.2, 0) is 16.0 Å². The normalized spacial score (nSPS) is 18.5. The lowest BCUT2D eigenvalue weighted by Crippen LogP contribution is -2.30. The summed E-state index contributed by atoms with van der Waals surface area (Å²) in [7, 11) is 0. The summed E-state index contributed by atoms with van der Waals surface area (Å²) in [6.45, 7) is 0.811. The molecule has 0 aliphatic carbocycles. The standard InChI is InChI=1S/C14H17NO4/c16-12-4-2-1-3-10(12)5-6-13(17)15-8-7-11(9-15)14(18)19/h1-4,11,16H,5-9H2,(H,18,19). The number of hydrogen-bond acceptors (Lipinski definition) is 3. The molecule has 1 aromatic carbocycles. The summed E-state index contributed by atoms with van der Waals surface area (Å²) in [6.07, 6.45) is 1.29. The number of carboxylic acid groups (broad SMARTS) is 1. The summed E-state index contributed by atoms with van der Waals surface area (Å²) in [5.41, 5.74) is 0.741. The smallest absolute Gasteiger partial charge is 0.308 e. The number of amides is 1. The highest BCUT2D eigenvalue weighted by atomic mass is 16.4. The van der Waals surface area contributed by atoms with Crippen molar-refractivity contribution in [2.45, 2.75) is 19.3 Å². The molecule has 1 aromatic rings. The van der Waals surface area contributed by atoms with E-state index in [1.807, 2.05) is 6.07 Å². The van der Waals surface area contributed by atoms with E-state index in [0.29, 0.717) is 32.4 Å². The second-order valence-corrected chi connectivity index (χ2v) is 4.79. The highest BCUT2D eigenvalue weighted by Crippen LogP contribution is 2.20. The maximum atomic E-state index is 11.9. The molecule has 1 amide bonds. The van der Waals surface area contributed by atoms with Crippen molar-refractivity contribution in [2.24, 2.45) is 5.92 Å². The fourth-order valence-electron chi connectivity index (χ4n) is 2.31. The molecule has 1 aliphatic rings. The molecule has 2 rings (SSSR count). The van der Waals surface area contributed by atoms with E-state index in [1.165, 1.54) is 0 Å². The first-order valence-corrected chi connectivity index (χ1v) is 6.35. The number of likely N-dealkylation sites (tertiary alicyclic amines) is 1. The van der Waals surface area contributed by atoms with Crippen LogP contribution >= 0.6 is 0 Å². The number of aryl methyl sites for hydroxylation is 1. The summed E-state index contributed by atoms with van der Waals surface area (Å²) in [5.74, 6) is -1.13. The summed E-state index contributed by atoms with van der Waals surface area (Å²) in [4.78, 5) is 24.4. The van der Waals surface area contributed by atoms with E-state index < -0.39 is 11.9 Å². The predicted octanol–water partition coefficient (Wildman–Crippen LogP) is 1.26. The number of phenols is 1. The van der Waals surface area contributed by atoms with Crippen LogP contribution in [0.3, 0.4) is 0 Å². The predicted molar refractivity (Wildman–Crippen MR) is 68.8 cm³/mol. The zero-order valence-corrected chi connectivity index (χ0v) is 10.6. The molecule has 0 spiro atoms. The monoisotopic (exact) mass is 263 g/mol. The van der Waals surface area contributed by atoms with Gasteiger partial charge in [0, 0.05) is 19.5 Å². The van der Waals surface area contributed by atoms with Gasteiger partial charge in [-0.15, -0.1) is 0 Å². The Balaban J connectivity index is 1.86. The third-order valence-electron chi connectivity index (χ3n) is 3.49. The first kappa shape index (κ1) is 13.4. The van der Waals surface area contributed by atoms with Gasteiger partial charge in [-0.25, -0.2) is 0 Å². The van der Waals surface area contributed by atoms with Gasteiger partial charge in [-0.1, -0.05) is 18.2 Å². The molecule has 19 heavy (non-hydrogen) atoms. The average molecular weight is 263 g/mol. The third kappa shape index (κ3) is 3.24. The molecule has 1 aliphatic heterocycles. The number of rotatable bonds is 4. The van der Waals surface area contributed by atoms with E-state index in [0.717, 1.165) is 5.56 Å². The second-order valence-electron chi connectivity index (χ2n) is 4.79. The first-order valence-electron chi connectivity index (χ1n) is 6.35. The highest BCUT2D eigenvalue weighted by molar-refractivity contribution is 5.79. The molecule has 0 saturated carbocycles. The SMILES string of the molecule is O=C(O)C1CCN(C(=O)CCc2ccccc2O)C1. The molecule has 1 saturated heterocycles. The summed E-state index contributed by atoms with van der Waals surface area (Å²) in [6, 6.07) is 6.93. The van der Waals surface area contributed by atoms with Crippen molar-refractivity contribution >= 4 is 11.9 Å². The Labute approximate surface area is 111 Å². The van der Waals surface area contributed by atoms with Gasteiger partial charge < -0.3 is 15.1 Å². The number of carbonyl (C=O) groups excluding carboxylic acids is 1. The van der Waals surface area contributed by atoms with Crippen LogP contribution in [0.1, 0.15) is 18.4 Å². The van der Waals surface area contributed by atoms with Gasteiger partial charge >= 0.3 is 5.97 Å². The highest BCUT2D eigenvalue weighted by Gasteiger charge is 2.30. The molecular formula is C14H17NO4. The lowest BCUT2D eigenvalue weighted by molar-refractivity contribution is -0.141. The van der Waals surface area contributed by atoms with Gasteiger partial charge in [0.25, 0.3) is 0 Å². The molecule has 102 valence electrons. The Hall–Kier alpha value is -2.04. The minimum Gasteiger partial charge on any atom is -0.508 e. The molecule has 5 heteroatoms. The quantitative estimate of drug-likeness (QED) is 0.857. The molecule has 0 aromatic heterocycles. The van der Waals surface area contributed by atoms with Gasteiger partial charge in [-0.3, -0.25) is 9.59 Å². The summed E-state index contributed by atoms with van der Waals surface area (Å²) in [5, 5.41) is 18.5. The van der Waals surface area contributed by atoms with Crippen molar-refractivity contribution in [3.8, 4) is 5.75 Å². The lowest BCUT2D eigenvalue weighted by atomic mass is 10.1. The van der Waals surface area contributed by atoms with Crippen molar-refractivity contribution in [3.05, 3.63) is 29.8 Å². The van der Waals surface area contributed by atoms with Crippen molar-refractivity contribution < 1.29 is 19.8 Å². The molecule has 0 radical (unpaired) electrons. The fourth-order valence-corrected chi connectivity index (χ4v) is 2.31. The topological polar surface area (TPSA) is 77.8 Å². The Morgan fingerprint density at radius 1 is 1.32 bits per heavy atom. The molecule has 1 atom stereocenters. The van der Waals surface area contributed by atoms with Crippen molar-refractivity contribution in [1.29, 1.82) is 0 Å². The number of aromatic hydroxyl groups is 1. The van der Waals surface area contributed by atoms with E-state index in [4.69, 9.17) is 5.11 Å². The van der Waals surface area contributed by atoms with Gasteiger partial charge in [-0.2, -0.15) is 0 Å². The van der Waals surface area contributed by atoms with Crippen molar-refractivity contribution in [3.63, 3.8) is 0 Å². The van der Waals surface area contributed by atoms with Crippen LogP contribution < -0.4 is 0 Å². The Morgan fingerprint density at radius 3 is 2.68 bits per heavy atom. The van der Waals surface area contributed by atoms with Crippen molar-refractivity contribution in [1.82, 2.24) is 4.90 Å². The van der Waals surface area contributed by atoms with E-state index in [-0.39, 0.29) is 11.7 Å². The van der Waals surface area contributed by atoms with Gasteiger partial charge in [0.15, 0.2) is 0 Å². The zero-order chi connectivity index (χ0) is 13.8. The number of carboxylic acids is 1. The number of carbonyl (C=O) groups is 2. The van der Waals surface area contributed by atoms with Crippen LogP contribution in [0, 0.1) is 5.92 Å². The minimum absolute atomic E-state index is 0.0491. The number of benzene rings is 1. The maximum absolute atomic E-state index is 11.9. The average Bonchev–Trinajstić information content (AvgIpc) is 2.87. The van der Waals surface area contributed by atoms with E-state index in [9.17, 15) is 14.7 Å². The maximum Gasteiger partial charge on any atom is 0.308 e. The number of phenolic OH excluding ortho intramolecular Hbond substituents is 1. The zero-order valence-electron chi connectivity index (χ0n) is 10.6. The molecule has 1 fully saturated rings. The van der Waals surface area contributed by atoms with Crippen molar-refractivity contribution in [2.75, 3.05) is 13.1 Å². The van der Waals surface area contributed by atoms with Crippen LogP contribution in [0.25, 0.3) is 0 Å². The summed E-state index contributed by atoms with van der Waals surface area (Å²) >= 11 is 0. The van der Waals surface area contributed by atoms with Crippen LogP contribution in [-0.4, -0.2) is 40.1 Å². The molecule has 0 bridgehead atoms. The molecular weight excluding hydrogens is 246 g/mol. The largest absolute Gasteiger partial charge is 0.508 e. The number of para-hydroxylation sites is 1.